The van der Waals surface area contributed by atoms with Crippen LogP contribution in [0, 0.1) is 5.92 Å². The van der Waals surface area contributed by atoms with Gasteiger partial charge in [0.2, 0.25) is 5.91 Å². The molecule has 6 nitrogen and oxygen atoms in total. The molecular weight excluding hydrogens is 374 g/mol. The molecule has 2 aliphatic rings. The van der Waals surface area contributed by atoms with E-state index in [0.29, 0.717) is 17.4 Å². The lowest BCUT2D eigenvalue weighted by Crippen LogP contribution is -2.54. The van der Waals surface area contributed by atoms with Crippen LogP contribution in [0.15, 0.2) is 29.3 Å². The number of likely N-dealkylation sites (tertiary alicyclic amines) is 1. The van der Waals surface area contributed by atoms with E-state index in [2.05, 4.69) is 27.2 Å². The number of hydrogen-bond acceptors (Lipinski definition) is 3. The normalized spacial score (nSPS) is 21.7. The first-order valence-electron chi connectivity index (χ1n) is 10.2. The Morgan fingerprint density at radius 3 is 2.64 bits per heavy atom. The van der Waals surface area contributed by atoms with E-state index in [9.17, 15) is 4.79 Å². The van der Waals surface area contributed by atoms with E-state index in [1.807, 2.05) is 36.2 Å². The summed E-state index contributed by atoms with van der Waals surface area (Å²) in [4.78, 5) is 23.7. The molecule has 2 heterocycles. The minimum absolute atomic E-state index is 0.162. The number of carbonyl (C=O) groups is 1. The Kier molecular flexibility index (Phi) is 7.57. The molecular formula is C21H32ClN5O. The van der Waals surface area contributed by atoms with Gasteiger partial charge in [0.25, 0.3) is 0 Å². The lowest BCUT2D eigenvalue weighted by Gasteiger charge is -2.37. The molecule has 1 aromatic rings. The average molecular weight is 406 g/mol. The maximum atomic E-state index is 12.6. The van der Waals surface area contributed by atoms with Crippen molar-refractivity contribution in [1.29, 1.82) is 0 Å². The number of guanidine groups is 1. The van der Waals surface area contributed by atoms with Crippen LogP contribution >= 0.6 is 11.6 Å². The van der Waals surface area contributed by atoms with Gasteiger partial charge in [-0.3, -0.25) is 9.79 Å². The molecule has 154 valence electrons. The molecule has 3 rings (SSSR count). The van der Waals surface area contributed by atoms with Gasteiger partial charge in [0.05, 0.1) is 6.42 Å². The minimum Gasteiger partial charge on any atom is -0.356 e. The summed E-state index contributed by atoms with van der Waals surface area (Å²) in [6, 6.07) is 7.54. The fourth-order valence-corrected chi connectivity index (χ4v) is 4.32. The summed E-state index contributed by atoms with van der Waals surface area (Å²) in [6.45, 7) is 6.40. The standard InChI is InChI=1S/C21H32ClN5O/c1-23-21(24-15-18-6-4-8-25(2)16-18)27-11-9-26(10-12-27)20(28)14-17-5-3-7-19(22)13-17/h3,5,7,13,18H,4,6,8-12,14-16H2,1-2H3,(H,23,24). The van der Waals surface area contributed by atoms with E-state index in [1.54, 1.807) is 0 Å². The van der Waals surface area contributed by atoms with E-state index in [-0.39, 0.29) is 5.91 Å². The van der Waals surface area contributed by atoms with Crippen molar-refractivity contribution in [1.82, 2.24) is 20.0 Å². The molecule has 0 bridgehead atoms. The van der Waals surface area contributed by atoms with Crippen molar-refractivity contribution in [3.05, 3.63) is 34.9 Å². The molecule has 2 fully saturated rings. The number of halogens is 1. The number of amides is 1. The van der Waals surface area contributed by atoms with E-state index >= 15 is 0 Å². The van der Waals surface area contributed by atoms with Crippen molar-refractivity contribution in [2.24, 2.45) is 10.9 Å². The predicted molar refractivity (Wildman–Crippen MR) is 115 cm³/mol. The summed E-state index contributed by atoms with van der Waals surface area (Å²) in [5.74, 6) is 1.79. The molecule has 7 heteroatoms. The molecule has 1 amide bonds. The lowest BCUT2D eigenvalue weighted by atomic mass is 9.98. The monoisotopic (exact) mass is 405 g/mol. The number of rotatable bonds is 4. The maximum Gasteiger partial charge on any atom is 0.227 e. The highest BCUT2D eigenvalue weighted by Crippen LogP contribution is 2.15. The van der Waals surface area contributed by atoms with Crippen LogP contribution in [0.25, 0.3) is 0 Å². The van der Waals surface area contributed by atoms with Crippen molar-refractivity contribution in [3.63, 3.8) is 0 Å². The van der Waals surface area contributed by atoms with Crippen molar-refractivity contribution in [2.45, 2.75) is 19.3 Å². The molecule has 1 unspecified atom stereocenters. The quantitative estimate of drug-likeness (QED) is 0.614. The SMILES string of the molecule is CN=C(NCC1CCCN(C)C1)N1CCN(C(=O)Cc2cccc(Cl)c2)CC1. The summed E-state index contributed by atoms with van der Waals surface area (Å²) in [5, 5.41) is 4.23. The van der Waals surface area contributed by atoms with Gasteiger partial charge in [0, 0.05) is 51.3 Å². The highest BCUT2D eigenvalue weighted by Gasteiger charge is 2.24. The van der Waals surface area contributed by atoms with E-state index < -0.39 is 0 Å². The van der Waals surface area contributed by atoms with Gasteiger partial charge in [-0.1, -0.05) is 23.7 Å². The highest BCUT2D eigenvalue weighted by molar-refractivity contribution is 6.30. The van der Waals surface area contributed by atoms with Crippen LogP contribution in [-0.2, 0) is 11.2 Å². The topological polar surface area (TPSA) is 51.2 Å². The van der Waals surface area contributed by atoms with Gasteiger partial charge < -0.3 is 20.0 Å². The van der Waals surface area contributed by atoms with Crippen molar-refractivity contribution in [3.8, 4) is 0 Å². The number of hydrogen-bond donors (Lipinski definition) is 1. The summed E-state index contributed by atoms with van der Waals surface area (Å²) in [7, 11) is 4.03. The lowest BCUT2D eigenvalue weighted by molar-refractivity contribution is -0.131. The molecule has 1 N–H and O–H groups in total. The predicted octanol–water partition coefficient (Wildman–Crippen LogP) is 1.94. The average Bonchev–Trinajstić information content (AvgIpc) is 2.69. The van der Waals surface area contributed by atoms with Crippen LogP contribution in [0.3, 0.4) is 0 Å². The molecule has 2 aliphatic heterocycles. The number of piperazine rings is 1. The third-order valence-electron chi connectivity index (χ3n) is 5.66. The smallest absolute Gasteiger partial charge is 0.227 e. The first-order valence-corrected chi connectivity index (χ1v) is 10.6. The highest BCUT2D eigenvalue weighted by atomic mass is 35.5. The Hall–Kier alpha value is -1.79. The van der Waals surface area contributed by atoms with Crippen LogP contribution in [0.2, 0.25) is 5.02 Å². The van der Waals surface area contributed by atoms with Gasteiger partial charge in [0.15, 0.2) is 5.96 Å². The zero-order valence-electron chi connectivity index (χ0n) is 17.0. The number of nitrogens with zero attached hydrogens (tertiary/aromatic N) is 4. The molecule has 1 atom stereocenters. The third kappa shape index (κ3) is 5.85. The zero-order valence-corrected chi connectivity index (χ0v) is 17.8. The Morgan fingerprint density at radius 1 is 1.21 bits per heavy atom. The number of carbonyl (C=O) groups excluding carboxylic acids is 1. The van der Waals surface area contributed by atoms with Crippen LogP contribution in [0.4, 0.5) is 0 Å². The van der Waals surface area contributed by atoms with Crippen LogP contribution in [-0.4, -0.2) is 86.5 Å². The van der Waals surface area contributed by atoms with Gasteiger partial charge in [-0.05, 0) is 50.0 Å². The van der Waals surface area contributed by atoms with E-state index in [1.165, 1.54) is 19.4 Å². The Morgan fingerprint density at radius 2 is 1.96 bits per heavy atom. The summed E-state index contributed by atoms with van der Waals surface area (Å²) >= 11 is 6.02. The Bertz CT molecular complexity index is 687. The van der Waals surface area contributed by atoms with Crippen molar-refractivity contribution in [2.75, 3.05) is 59.9 Å². The maximum absolute atomic E-state index is 12.6. The first-order chi connectivity index (χ1) is 13.5. The number of benzene rings is 1. The summed E-state index contributed by atoms with van der Waals surface area (Å²) in [6.07, 6.45) is 2.96. The number of nitrogens with one attached hydrogen (secondary N) is 1. The number of piperidine rings is 1. The van der Waals surface area contributed by atoms with Crippen molar-refractivity contribution < 1.29 is 4.79 Å². The molecule has 0 radical (unpaired) electrons. The summed E-state index contributed by atoms with van der Waals surface area (Å²) in [5.41, 5.74) is 0.967. The fourth-order valence-electron chi connectivity index (χ4n) is 4.11. The van der Waals surface area contributed by atoms with E-state index in [4.69, 9.17) is 11.6 Å². The second-order valence-corrected chi connectivity index (χ2v) is 8.31. The third-order valence-corrected chi connectivity index (χ3v) is 5.89. The van der Waals surface area contributed by atoms with Gasteiger partial charge in [-0.15, -0.1) is 0 Å². The van der Waals surface area contributed by atoms with Gasteiger partial charge in [0.1, 0.15) is 0 Å². The zero-order chi connectivity index (χ0) is 19.9. The minimum atomic E-state index is 0.162. The second kappa shape index (κ2) is 10.1. The molecule has 1 aromatic carbocycles. The second-order valence-electron chi connectivity index (χ2n) is 7.87. The van der Waals surface area contributed by atoms with Gasteiger partial charge in [-0.2, -0.15) is 0 Å². The molecule has 0 saturated carbocycles. The Balaban J connectivity index is 1.44. The summed E-state index contributed by atoms with van der Waals surface area (Å²) < 4.78 is 0. The largest absolute Gasteiger partial charge is 0.356 e. The van der Waals surface area contributed by atoms with Gasteiger partial charge in [-0.25, -0.2) is 0 Å². The van der Waals surface area contributed by atoms with Gasteiger partial charge >= 0.3 is 0 Å². The molecule has 0 aliphatic carbocycles. The van der Waals surface area contributed by atoms with Crippen LogP contribution in [0.1, 0.15) is 18.4 Å². The molecule has 28 heavy (non-hydrogen) atoms. The van der Waals surface area contributed by atoms with E-state index in [0.717, 1.165) is 50.8 Å². The van der Waals surface area contributed by atoms with Crippen molar-refractivity contribution >= 4 is 23.5 Å². The molecule has 0 spiro atoms. The first kappa shape index (κ1) is 20.9. The molecule has 0 aromatic heterocycles. The molecule has 2 saturated heterocycles. The van der Waals surface area contributed by atoms with Crippen LogP contribution in [0.5, 0.6) is 0 Å². The number of aliphatic imine (C=N–C) groups is 1. The Labute approximate surface area is 173 Å². The fraction of sp³-hybridized carbons (Fsp3) is 0.619. The van der Waals surface area contributed by atoms with Crippen LogP contribution < -0.4 is 5.32 Å².